The normalized spacial score (nSPS) is 9.17. The third kappa shape index (κ3) is 3.80. The van der Waals surface area contributed by atoms with E-state index in [-0.39, 0.29) is 12.5 Å². The van der Waals surface area contributed by atoms with Gasteiger partial charge in [0, 0.05) is 26.6 Å². The van der Waals surface area contributed by atoms with E-state index >= 15 is 0 Å². The number of hydrogen-bond acceptors (Lipinski definition) is 2. The first-order valence-electron chi connectivity index (χ1n) is 3.86. The van der Waals surface area contributed by atoms with Crippen molar-refractivity contribution in [3.8, 4) is 0 Å². The van der Waals surface area contributed by atoms with Gasteiger partial charge in [0.2, 0.25) is 5.91 Å². The van der Waals surface area contributed by atoms with Gasteiger partial charge in [0.15, 0.2) is 0 Å². The number of nitrogens with one attached hydrogen (secondary N) is 1. The molecule has 0 heterocycles. The van der Waals surface area contributed by atoms with E-state index < -0.39 is 5.91 Å². The summed E-state index contributed by atoms with van der Waals surface area (Å²) in [6.07, 6.45) is 0.210. The average molecular weight is 173 g/mol. The van der Waals surface area contributed by atoms with Crippen LogP contribution < -0.4 is 11.1 Å². The predicted octanol–water partition coefficient (Wildman–Crippen LogP) is -0.477. The Bertz CT molecular complexity index is 170. The number of urea groups is 1. The summed E-state index contributed by atoms with van der Waals surface area (Å²) in [7, 11) is 1.55. The summed E-state index contributed by atoms with van der Waals surface area (Å²) >= 11 is 0. The molecule has 0 saturated carbocycles. The molecule has 3 N–H and O–H groups in total. The van der Waals surface area contributed by atoms with Gasteiger partial charge >= 0.3 is 6.03 Å². The average Bonchev–Trinajstić information content (AvgIpc) is 2.04. The minimum Gasteiger partial charge on any atom is -0.370 e. The lowest BCUT2D eigenvalue weighted by atomic mass is 10.4. The van der Waals surface area contributed by atoms with Gasteiger partial charge < -0.3 is 16.0 Å². The Morgan fingerprint density at radius 1 is 1.50 bits per heavy atom. The molecule has 0 unspecified atom stereocenters. The van der Waals surface area contributed by atoms with Gasteiger partial charge in [0.1, 0.15) is 0 Å². The molecule has 70 valence electrons. The van der Waals surface area contributed by atoms with Crippen LogP contribution in [0.3, 0.4) is 0 Å². The van der Waals surface area contributed by atoms with Crippen molar-refractivity contribution < 1.29 is 9.59 Å². The zero-order valence-corrected chi connectivity index (χ0v) is 7.46. The van der Waals surface area contributed by atoms with Gasteiger partial charge in [-0.15, -0.1) is 0 Å². The van der Waals surface area contributed by atoms with Crippen LogP contribution in [0.4, 0.5) is 4.79 Å². The summed E-state index contributed by atoms with van der Waals surface area (Å²) in [5, 5.41) is 2.47. The van der Waals surface area contributed by atoms with Gasteiger partial charge in [-0.3, -0.25) is 4.79 Å². The highest BCUT2D eigenvalue weighted by Crippen LogP contribution is 1.90. The molecule has 0 aliphatic rings. The van der Waals surface area contributed by atoms with E-state index in [2.05, 4.69) is 5.32 Å². The summed E-state index contributed by atoms with van der Waals surface area (Å²) in [4.78, 5) is 22.9. The van der Waals surface area contributed by atoms with E-state index in [1.54, 1.807) is 7.05 Å². The first-order chi connectivity index (χ1) is 5.61. The van der Waals surface area contributed by atoms with Crippen LogP contribution in [0.15, 0.2) is 0 Å². The Morgan fingerprint density at radius 2 is 2.08 bits per heavy atom. The minimum absolute atomic E-state index is 0.182. The van der Waals surface area contributed by atoms with Crippen molar-refractivity contribution in [3.63, 3.8) is 0 Å². The molecule has 0 aliphatic carbocycles. The number of nitrogens with two attached hydrogens (primary N) is 1. The lowest BCUT2D eigenvalue weighted by molar-refractivity contribution is -0.118. The highest BCUT2D eigenvalue weighted by molar-refractivity contribution is 5.76. The van der Waals surface area contributed by atoms with E-state index in [9.17, 15) is 9.59 Å². The predicted molar refractivity (Wildman–Crippen MR) is 45.5 cm³/mol. The van der Waals surface area contributed by atoms with Gasteiger partial charge in [0.05, 0.1) is 0 Å². The van der Waals surface area contributed by atoms with Crippen molar-refractivity contribution in [2.45, 2.75) is 13.3 Å². The fourth-order valence-electron chi connectivity index (χ4n) is 0.807. The maximum absolute atomic E-state index is 11.0. The fourth-order valence-corrected chi connectivity index (χ4v) is 0.807. The van der Waals surface area contributed by atoms with E-state index in [1.807, 2.05) is 6.92 Å². The molecule has 0 rings (SSSR count). The lowest BCUT2D eigenvalue weighted by Crippen LogP contribution is -2.39. The van der Waals surface area contributed by atoms with Gasteiger partial charge in [-0.1, -0.05) is 0 Å². The van der Waals surface area contributed by atoms with Crippen molar-refractivity contribution in [1.29, 1.82) is 0 Å². The zero-order valence-electron chi connectivity index (χ0n) is 7.46. The molecule has 0 aromatic heterocycles. The number of rotatable bonds is 4. The van der Waals surface area contributed by atoms with E-state index in [0.717, 1.165) is 0 Å². The van der Waals surface area contributed by atoms with Gasteiger partial charge in [-0.2, -0.15) is 0 Å². The Morgan fingerprint density at radius 3 is 2.42 bits per heavy atom. The largest absolute Gasteiger partial charge is 0.370 e. The van der Waals surface area contributed by atoms with Gasteiger partial charge in [-0.25, -0.2) is 4.79 Å². The fraction of sp³-hybridized carbons (Fsp3) is 0.714. The molecule has 0 bridgehead atoms. The van der Waals surface area contributed by atoms with Crippen LogP contribution in [-0.2, 0) is 4.79 Å². The number of amides is 3. The quantitative estimate of drug-likeness (QED) is 0.602. The molecule has 5 heteroatoms. The first kappa shape index (κ1) is 10.7. The SMILES string of the molecule is CCN(CCC(N)=O)C(=O)NC. The van der Waals surface area contributed by atoms with Crippen molar-refractivity contribution >= 4 is 11.9 Å². The van der Waals surface area contributed by atoms with E-state index in [4.69, 9.17) is 5.73 Å². The molecule has 0 fully saturated rings. The molecule has 0 atom stereocenters. The maximum Gasteiger partial charge on any atom is 0.317 e. The standard InChI is InChI=1S/C7H15N3O2/c1-3-10(7(12)9-2)5-4-6(8)11/h3-5H2,1-2H3,(H2,8,11)(H,9,12). The Hall–Kier alpha value is -1.26. The molecule has 0 aromatic carbocycles. The molecule has 5 nitrogen and oxygen atoms in total. The highest BCUT2D eigenvalue weighted by Gasteiger charge is 2.09. The molecule has 3 amide bonds. The lowest BCUT2D eigenvalue weighted by Gasteiger charge is -2.18. The molecule has 0 aromatic rings. The van der Waals surface area contributed by atoms with Gasteiger partial charge in [0.25, 0.3) is 0 Å². The number of primary amides is 1. The Balaban J connectivity index is 3.83. The van der Waals surface area contributed by atoms with Crippen LogP contribution in [0.1, 0.15) is 13.3 Å². The third-order valence-corrected chi connectivity index (χ3v) is 1.51. The number of nitrogens with zero attached hydrogens (tertiary/aromatic N) is 1. The minimum atomic E-state index is -0.391. The van der Waals surface area contributed by atoms with Crippen molar-refractivity contribution in [3.05, 3.63) is 0 Å². The summed E-state index contributed by atoms with van der Waals surface area (Å²) in [6, 6.07) is -0.182. The third-order valence-electron chi connectivity index (χ3n) is 1.51. The Labute approximate surface area is 71.9 Å². The zero-order chi connectivity index (χ0) is 9.56. The topological polar surface area (TPSA) is 75.4 Å². The van der Waals surface area contributed by atoms with Crippen molar-refractivity contribution in [1.82, 2.24) is 10.2 Å². The maximum atomic E-state index is 11.0. The molecule has 0 saturated heterocycles. The molecule has 12 heavy (non-hydrogen) atoms. The number of carbonyl (C=O) groups excluding carboxylic acids is 2. The summed E-state index contributed by atoms with van der Waals surface area (Å²) in [5.74, 6) is -0.391. The van der Waals surface area contributed by atoms with Crippen molar-refractivity contribution in [2.75, 3.05) is 20.1 Å². The van der Waals surface area contributed by atoms with Gasteiger partial charge in [-0.05, 0) is 6.92 Å². The Kier molecular flexibility index (Phi) is 4.83. The van der Waals surface area contributed by atoms with Crippen LogP contribution in [0.2, 0.25) is 0 Å². The summed E-state index contributed by atoms with van der Waals surface area (Å²) in [6.45, 7) is 2.80. The monoisotopic (exact) mass is 173 g/mol. The molecule has 0 spiro atoms. The van der Waals surface area contributed by atoms with Crippen LogP contribution in [0.25, 0.3) is 0 Å². The second-order valence-electron chi connectivity index (χ2n) is 2.35. The number of hydrogen-bond donors (Lipinski definition) is 2. The van der Waals surface area contributed by atoms with Crippen LogP contribution in [0.5, 0.6) is 0 Å². The molecular weight excluding hydrogens is 158 g/mol. The highest BCUT2D eigenvalue weighted by atomic mass is 16.2. The first-order valence-corrected chi connectivity index (χ1v) is 3.86. The smallest absolute Gasteiger partial charge is 0.317 e. The molecule has 0 aliphatic heterocycles. The molecule has 0 radical (unpaired) electrons. The van der Waals surface area contributed by atoms with Crippen LogP contribution >= 0.6 is 0 Å². The van der Waals surface area contributed by atoms with E-state index in [0.29, 0.717) is 13.1 Å². The summed E-state index contributed by atoms with van der Waals surface area (Å²) < 4.78 is 0. The molecular formula is C7H15N3O2. The van der Waals surface area contributed by atoms with Crippen LogP contribution in [-0.4, -0.2) is 37.0 Å². The second kappa shape index (κ2) is 5.40. The van der Waals surface area contributed by atoms with E-state index in [1.165, 1.54) is 4.90 Å². The van der Waals surface area contributed by atoms with Crippen LogP contribution in [0, 0.1) is 0 Å². The van der Waals surface area contributed by atoms with Crippen molar-refractivity contribution in [2.24, 2.45) is 5.73 Å². The second-order valence-corrected chi connectivity index (χ2v) is 2.35. The number of carbonyl (C=O) groups is 2. The summed E-state index contributed by atoms with van der Waals surface area (Å²) in [5.41, 5.74) is 4.94.